The number of benzene rings is 1. The number of ether oxygens (including phenoxy) is 2. The topological polar surface area (TPSA) is 71.0 Å². The molecular weight excluding hydrogens is 320 g/mol. The summed E-state index contributed by atoms with van der Waals surface area (Å²) in [5, 5.41) is 13.3. The standard InChI is InChI=1S/C19H28N2O4/c1-24-18-9-5-4-8-15(18)17(22)12-20-19(23)16-13-25-11-10-21(16)14-6-2-3-7-14/h4-5,8-9,14,16-17,22H,2-3,6-7,10-13H2,1H3,(H,20,23). The van der Waals surface area contributed by atoms with Crippen molar-refractivity contribution in [2.24, 2.45) is 0 Å². The molecule has 1 aromatic rings. The highest BCUT2D eigenvalue weighted by molar-refractivity contribution is 5.82. The second kappa shape index (κ2) is 8.65. The van der Waals surface area contributed by atoms with E-state index in [1.807, 2.05) is 18.2 Å². The molecule has 6 nitrogen and oxygen atoms in total. The molecule has 1 aromatic carbocycles. The van der Waals surface area contributed by atoms with Gasteiger partial charge in [0.25, 0.3) is 0 Å². The van der Waals surface area contributed by atoms with E-state index in [0.29, 0.717) is 30.6 Å². The first-order chi connectivity index (χ1) is 12.2. The van der Waals surface area contributed by atoms with Crippen LogP contribution in [-0.4, -0.2) is 61.4 Å². The lowest BCUT2D eigenvalue weighted by atomic mass is 10.1. The maximum atomic E-state index is 12.7. The van der Waals surface area contributed by atoms with Gasteiger partial charge in [0, 0.05) is 24.7 Å². The Kier molecular flexibility index (Phi) is 6.29. The maximum Gasteiger partial charge on any atom is 0.239 e. The van der Waals surface area contributed by atoms with Crippen LogP contribution in [0, 0.1) is 0 Å². The molecule has 1 saturated carbocycles. The summed E-state index contributed by atoms with van der Waals surface area (Å²) in [6, 6.07) is 7.54. The van der Waals surface area contributed by atoms with Crippen molar-refractivity contribution < 1.29 is 19.4 Å². The Hall–Kier alpha value is -1.63. The molecule has 1 heterocycles. The lowest BCUT2D eigenvalue weighted by Crippen LogP contribution is -2.57. The second-order valence-electron chi connectivity index (χ2n) is 6.77. The van der Waals surface area contributed by atoms with Crippen LogP contribution < -0.4 is 10.1 Å². The highest BCUT2D eigenvalue weighted by Crippen LogP contribution is 2.27. The average molecular weight is 348 g/mol. The van der Waals surface area contributed by atoms with Crippen LogP contribution in [0.4, 0.5) is 0 Å². The Balaban J connectivity index is 1.58. The summed E-state index contributed by atoms with van der Waals surface area (Å²) in [6.45, 7) is 2.07. The first kappa shape index (κ1) is 18.2. The van der Waals surface area contributed by atoms with Gasteiger partial charge in [0.2, 0.25) is 5.91 Å². The number of aliphatic hydroxyl groups excluding tert-OH is 1. The molecule has 0 bridgehead atoms. The van der Waals surface area contributed by atoms with Crippen molar-refractivity contribution in [3.8, 4) is 5.75 Å². The zero-order valence-electron chi connectivity index (χ0n) is 14.8. The summed E-state index contributed by atoms with van der Waals surface area (Å²) >= 11 is 0. The molecule has 0 spiro atoms. The third-order valence-corrected chi connectivity index (χ3v) is 5.23. The quantitative estimate of drug-likeness (QED) is 0.815. The molecule has 25 heavy (non-hydrogen) atoms. The minimum absolute atomic E-state index is 0.0689. The van der Waals surface area contributed by atoms with Gasteiger partial charge in [0.1, 0.15) is 11.8 Å². The number of nitrogens with zero attached hydrogens (tertiary/aromatic N) is 1. The third-order valence-electron chi connectivity index (χ3n) is 5.23. The summed E-state index contributed by atoms with van der Waals surface area (Å²) < 4.78 is 10.8. The minimum Gasteiger partial charge on any atom is -0.496 e. The predicted molar refractivity (Wildman–Crippen MR) is 94.5 cm³/mol. The summed E-state index contributed by atoms with van der Waals surface area (Å²) in [6.07, 6.45) is 4.00. The Bertz CT molecular complexity index is 574. The van der Waals surface area contributed by atoms with Crippen LogP contribution in [0.15, 0.2) is 24.3 Å². The van der Waals surface area contributed by atoms with Crippen LogP contribution in [0.2, 0.25) is 0 Å². The fourth-order valence-corrected chi connectivity index (χ4v) is 3.88. The lowest BCUT2D eigenvalue weighted by Gasteiger charge is -2.38. The van der Waals surface area contributed by atoms with E-state index in [0.717, 1.165) is 19.4 Å². The smallest absolute Gasteiger partial charge is 0.239 e. The van der Waals surface area contributed by atoms with Crippen molar-refractivity contribution in [3.05, 3.63) is 29.8 Å². The molecule has 2 atom stereocenters. The van der Waals surface area contributed by atoms with E-state index >= 15 is 0 Å². The Morgan fingerprint density at radius 1 is 1.40 bits per heavy atom. The zero-order valence-corrected chi connectivity index (χ0v) is 14.8. The molecule has 1 amide bonds. The van der Waals surface area contributed by atoms with Gasteiger partial charge in [-0.25, -0.2) is 0 Å². The van der Waals surface area contributed by atoms with Gasteiger partial charge in [-0.1, -0.05) is 31.0 Å². The Labute approximate surface area is 149 Å². The number of hydrogen-bond acceptors (Lipinski definition) is 5. The van der Waals surface area contributed by atoms with Gasteiger partial charge in [-0.3, -0.25) is 9.69 Å². The summed E-state index contributed by atoms with van der Waals surface area (Å²) in [7, 11) is 1.57. The van der Waals surface area contributed by atoms with Crippen LogP contribution in [0.3, 0.4) is 0 Å². The van der Waals surface area contributed by atoms with Gasteiger partial charge in [-0.15, -0.1) is 0 Å². The first-order valence-electron chi connectivity index (χ1n) is 9.13. The first-order valence-corrected chi connectivity index (χ1v) is 9.13. The highest BCUT2D eigenvalue weighted by Gasteiger charge is 2.35. The number of carbonyl (C=O) groups excluding carboxylic acids is 1. The van der Waals surface area contributed by atoms with Crippen molar-refractivity contribution in [2.45, 2.75) is 43.9 Å². The number of methoxy groups -OCH3 is 1. The summed E-state index contributed by atoms with van der Waals surface area (Å²) in [4.78, 5) is 15.0. The van der Waals surface area contributed by atoms with Crippen molar-refractivity contribution >= 4 is 5.91 Å². The lowest BCUT2D eigenvalue weighted by molar-refractivity contribution is -0.135. The second-order valence-corrected chi connectivity index (χ2v) is 6.77. The van der Waals surface area contributed by atoms with E-state index in [4.69, 9.17) is 9.47 Å². The molecule has 1 aliphatic carbocycles. The molecular formula is C19H28N2O4. The van der Waals surface area contributed by atoms with Gasteiger partial charge < -0.3 is 19.9 Å². The van der Waals surface area contributed by atoms with E-state index in [9.17, 15) is 9.90 Å². The molecule has 2 fully saturated rings. The molecule has 1 aliphatic heterocycles. The van der Waals surface area contributed by atoms with Gasteiger partial charge in [-0.2, -0.15) is 0 Å². The largest absolute Gasteiger partial charge is 0.496 e. The van der Waals surface area contributed by atoms with E-state index < -0.39 is 6.10 Å². The number of aliphatic hydroxyl groups is 1. The van der Waals surface area contributed by atoms with Crippen molar-refractivity contribution in [2.75, 3.05) is 33.4 Å². The Morgan fingerprint density at radius 2 is 2.16 bits per heavy atom. The fraction of sp³-hybridized carbons (Fsp3) is 0.632. The van der Waals surface area contributed by atoms with Gasteiger partial charge in [-0.05, 0) is 18.9 Å². The molecule has 3 rings (SSSR count). The van der Waals surface area contributed by atoms with Crippen LogP contribution in [0.1, 0.15) is 37.4 Å². The van der Waals surface area contributed by atoms with Gasteiger partial charge >= 0.3 is 0 Å². The number of hydrogen-bond donors (Lipinski definition) is 2. The third kappa shape index (κ3) is 4.32. The van der Waals surface area contributed by atoms with Crippen molar-refractivity contribution in [1.29, 1.82) is 0 Å². The number of carbonyl (C=O) groups is 1. The molecule has 138 valence electrons. The maximum absolute atomic E-state index is 12.7. The fourth-order valence-electron chi connectivity index (χ4n) is 3.88. The number of rotatable bonds is 6. The number of para-hydroxylation sites is 1. The van der Waals surface area contributed by atoms with Crippen molar-refractivity contribution in [1.82, 2.24) is 10.2 Å². The Morgan fingerprint density at radius 3 is 2.92 bits per heavy atom. The van der Waals surface area contributed by atoms with Crippen LogP contribution in [-0.2, 0) is 9.53 Å². The van der Waals surface area contributed by atoms with E-state index in [-0.39, 0.29) is 18.5 Å². The van der Waals surface area contributed by atoms with Crippen LogP contribution in [0.25, 0.3) is 0 Å². The summed E-state index contributed by atoms with van der Waals surface area (Å²) in [5.41, 5.74) is 0.679. The molecule has 2 aliphatic rings. The van der Waals surface area contributed by atoms with Crippen molar-refractivity contribution in [3.63, 3.8) is 0 Å². The number of nitrogens with one attached hydrogen (secondary N) is 1. The van der Waals surface area contributed by atoms with E-state index in [2.05, 4.69) is 10.2 Å². The van der Waals surface area contributed by atoms with E-state index in [1.54, 1.807) is 13.2 Å². The molecule has 0 radical (unpaired) electrons. The summed E-state index contributed by atoms with van der Waals surface area (Å²) in [5.74, 6) is 0.554. The van der Waals surface area contributed by atoms with Crippen LogP contribution in [0.5, 0.6) is 5.75 Å². The minimum atomic E-state index is -0.801. The number of morpholine rings is 1. The monoisotopic (exact) mass is 348 g/mol. The number of amides is 1. The molecule has 2 unspecified atom stereocenters. The molecule has 1 saturated heterocycles. The SMILES string of the molecule is COc1ccccc1C(O)CNC(=O)C1COCCN1C1CCCC1. The normalized spacial score (nSPS) is 23.4. The van der Waals surface area contributed by atoms with E-state index in [1.165, 1.54) is 12.8 Å². The van der Waals surface area contributed by atoms with Crippen LogP contribution >= 0.6 is 0 Å². The molecule has 2 N–H and O–H groups in total. The molecule has 0 aromatic heterocycles. The van der Waals surface area contributed by atoms with Gasteiger partial charge in [0.05, 0.1) is 26.4 Å². The highest BCUT2D eigenvalue weighted by atomic mass is 16.5. The van der Waals surface area contributed by atoms with Gasteiger partial charge in [0.15, 0.2) is 0 Å². The predicted octanol–water partition coefficient (Wildman–Crippen LogP) is 1.49. The molecule has 6 heteroatoms. The zero-order chi connectivity index (χ0) is 17.6. The average Bonchev–Trinajstić information content (AvgIpc) is 3.20.